The highest BCUT2D eigenvalue weighted by molar-refractivity contribution is 5.73. The zero-order valence-corrected chi connectivity index (χ0v) is 10.6. The van der Waals surface area contributed by atoms with E-state index in [0.717, 1.165) is 25.1 Å². The Balaban J connectivity index is 2.04. The van der Waals surface area contributed by atoms with Crippen molar-refractivity contribution in [1.29, 1.82) is 0 Å². The van der Waals surface area contributed by atoms with Crippen molar-refractivity contribution in [2.45, 2.75) is 19.8 Å². The van der Waals surface area contributed by atoms with Crippen molar-refractivity contribution in [3.05, 3.63) is 18.3 Å². The van der Waals surface area contributed by atoms with E-state index in [1.807, 2.05) is 19.1 Å². The summed E-state index contributed by atoms with van der Waals surface area (Å²) in [5.74, 6) is 0.378. The Kier molecular flexibility index (Phi) is 4.02. The van der Waals surface area contributed by atoms with Gasteiger partial charge in [-0.1, -0.05) is 0 Å². The number of esters is 1. The number of ether oxygens (including phenoxy) is 1. The van der Waals surface area contributed by atoms with Crippen LogP contribution in [0.15, 0.2) is 18.3 Å². The van der Waals surface area contributed by atoms with E-state index in [1.165, 1.54) is 0 Å². The summed E-state index contributed by atoms with van der Waals surface area (Å²) in [5, 5.41) is 0. The van der Waals surface area contributed by atoms with Gasteiger partial charge < -0.3 is 15.4 Å². The first-order valence-corrected chi connectivity index (χ1v) is 6.34. The lowest BCUT2D eigenvalue weighted by Gasteiger charge is -2.33. The first kappa shape index (κ1) is 12.7. The predicted molar refractivity (Wildman–Crippen MR) is 70.2 cm³/mol. The molecule has 18 heavy (non-hydrogen) atoms. The number of nitrogens with two attached hydrogens (primary N) is 1. The summed E-state index contributed by atoms with van der Waals surface area (Å²) in [5.41, 5.74) is 6.70. The Hall–Kier alpha value is -1.78. The van der Waals surface area contributed by atoms with Gasteiger partial charge in [0, 0.05) is 31.0 Å². The fourth-order valence-corrected chi connectivity index (χ4v) is 2.30. The Labute approximate surface area is 107 Å². The molecule has 1 saturated heterocycles. The topological polar surface area (TPSA) is 68.5 Å². The molecule has 1 aliphatic rings. The third-order valence-corrected chi connectivity index (χ3v) is 3.17. The fourth-order valence-electron chi connectivity index (χ4n) is 2.30. The Morgan fingerprint density at radius 3 is 3.22 bits per heavy atom. The second-order valence-corrected chi connectivity index (χ2v) is 4.48. The molecule has 1 aliphatic heterocycles. The van der Waals surface area contributed by atoms with E-state index < -0.39 is 0 Å². The quantitative estimate of drug-likeness (QED) is 0.821. The molecule has 0 aliphatic carbocycles. The van der Waals surface area contributed by atoms with Gasteiger partial charge in [0.05, 0.1) is 12.5 Å². The maximum atomic E-state index is 11.8. The van der Waals surface area contributed by atoms with Crippen LogP contribution >= 0.6 is 0 Å². The van der Waals surface area contributed by atoms with Crippen LogP contribution in [0.2, 0.25) is 0 Å². The lowest BCUT2D eigenvalue weighted by atomic mass is 9.98. The van der Waals surface area contributed by atoms with Crippen molar-refractivity contribution < 1.29 is 9.53 Å². The van der Waals surface area contributed by atoms with Gasteiger partial charge in [-0.2, -0.15) is 0 Å². The molecule has 1 aromatic heterocycles. The lowest BCUT2D eigenvalue weighted by molar-refractivity contribution is -0.148. The van der Waals surface area contributed by atoms with Crippen LogP contribution in [-0.2, 0) is 9.53 Å². The van der Waals surface area contributed by atoms with Gasteiger partial charge in [-0.15, -0.1) is 0 Å². The van der Waals surface area contributed by atoms with Crippen molar-refractivity contribution in [3.8, 4) is 0 Å². The zero-order valence-electron chi connectivity index (χ0n) is 10.6. The summed E-state index contributed by atoms with van der Waals surface area (Å²) in [6, 6.07) is 3.76. The molecule has 1 fully saturated rings. The largest absolute Gasteiger partial charge is 0.466 e. The van der Waals surface area contributed by atoms with E-state index in [9.17, 15) is 4.79 Å². The molecule has 5 heteroatoms. The number of hydrogen-bond acceptors (Lipinski definition) is 5. The molecule has 98 valence electrons. The van der Waals surface area contributed by atoms with Gasteiger partial charge in [-0.25, -0.2) is 4.98 Å². The van der Waals surface area contributed by atoms with Gasteiger partial charge in [0.15, 0.2) is 0 Å². The monoisotopic (exact) mass is 249 g/mol. The molecular formula is C13H19N3O2. The number of carbonyl (C=O) groups excluding carboxylic acids is 1. The highest BCUT2D eigenvalue weighted by Crippen LogP contribution is 2.24. The molecule has 2 heterocycles. The highest BCUT2D eigenvalue weighted by Gasteiger charge is 2.26. The molecule has 2 N–H and O–H groups in total. The average Bonchev–Trinajstić information content (AvgIpc) is 2.39. The Morgan fingerprint density at radius 1 is 1.67 bits per heavy atom. The van der Waals surface area contributed by atoms with Crippen molar-refractivity contribution in [1.82, 2.24) is 4.98 Å². The smallest absolute Gasteiger partial charge is 0.310 e. The van der Waals surface area contributed by atoms with Gasteiger partial charge in [-0.3, -0.25) is 4.79 Å². The number of piperidine rings is 1. The van der Waals surface area contributed by atoms with Gasteiger partial charge in [0.25, 0.3) is 0 Å². The Morgan fingerprint density at radius 2 is 2.50 bits per heavy atom. The number of pyridine rings is 1. The van der Waals surface area contributed by atoms with E-state index in [4.69, 9.17) is 10.5 Å². The lowest BCUT2D eigenvalue weighted by Crippen LogP contribution is -2.39. The minimum Gasteiger partial charge on any atom is -0.466 e. The van der Waals surface area contributed by atoms with Crippen LogP contribution in [0.1, 0.15) is 19.8 Å². The summed E-state index contributed by atoms with van der Waals surface area (Å²) < 4.78 is 5.09. The maximum Gasteiger partial charge on any atom is 0.310 e. The molecule has 1 unspecified atom stereocenters. The van der Waals surface area contributed by atoms with Crippen molar-refractivity contribution >= 4 is 17.5 Å². The summed E-state index contributed by atoms with van der Waals surface area (Å²) in [4.78, 5) is 17.9. The van der Waals surface area contributed by atoms with Gasteiger partial charge in [-0.05, 0) is 25.8 Å². The highest BCUT2D eigenvalue weighted by atomic mass is 16.5. The molecule has 5 nitrogen and oxygen atoms in total. The summed E-state index contributed by atoms with van der Waals surface area (Å²) in [6.07, 6.45) is 3.58. The number of nitrogens with zero attached hydrogens (tertiary/aromatic N) is 2. The van der Waals surface area contributed by atoms with E-state index >= 15 is 0 Å². The molecule has 1 aromatic rings. The minimum absolute atomic E-state index is 0.0342. The van der Waals surface area contributed by atoms with Crippen molar-refractivity contribution in [3.63, 3.8) is 0 Å². The first-order chi connectivity index (χ1) is 8.70. The van der Waals surface area contributed by atoms with Crippen molar-refractivity contribution in [2.24, 2.45) is 5.92 Å². The number of hydrogen-bond donors (Lipinski definition) is 1. The summed E-state index contributed by atoms with van der Waals surface area (Å²) in [7, 11) is 0. The average molecular weight is 249 g/mol. The number of carbonyl (C=O) groups is 1. The predicted octanol–water partition coefficient (Wildman–Crippen LogP) is 1.44. The van der Waals surface area contributed by atoms with E-state index in [0.29, 0.717) is 19.0 Å². The summed E-state index contributed by atoms with van der Waals surface area (Å²) in [6.45, 7) is 3.92. The molecule has 0 amide bonds. The zero-order chi connectivity index (χ0) is 13.0. The third-order valence-electron chi connectivity index (χ3n) is 3.17. The van der Waals surface area contributed by atoms with E-state index in [-0.39, 0.29) is 11.9 Å². The van der Waals surface area contributed by atoms with Gasteiger partial charge >= 0.3 is 5.97 Å². The van der Waals surface area contributed by atoms with Crippen LogP contribution < -0.4 is 10.6 Å². The van der Waals surface area contributed by atoms with E-state index in [2.05, 4.69) is 9.88 Å². The second-order valence-electron chi connectivity index (χ2n) is 4.48. The third kappa shape index (κ3) is 2.91. The molecule has 0 spiro atoms. The molecule has 0 bridgehead atoms. The van der Waals surface area contributed by atoms with Crippen LogP contribution in [0, 0.1) is 5.92 Å². The van der Waals surface area contributed by atoms with Crippen LogP contribution in [0.5, 0.6) is 0 Å². The number of rotatable bonds is 3. The fraction of sp³-hybridized carbons (Fsp3) is 0.538. The van der Waals surface area contributed by atoms with Crippen LogP contribution in [-0.4, -0.2) is 30.6 Å². The normalized spacial score (nSPS) is 19.6. The first-order valence-electron chi connectivity index (χ1n) is 6.34. The number of aromatic nitrogens is 1. The molecule has 1 atom stereocenters. The molecule has 0 aromatic carbocycles. The number of anilines is 2. The molecular weight excluding hydrogens is 230 g/mol. The minimum atomic E-state index is -0.0933. The van der Waals surface area contributed by atoms with Gasteiger partial charge in [0.2, 0.25) is 0 Å². The van der Waals surface area contributed by atoms with Crippen LogP contribution in [0.25, 0.3) is 0 Å². The number of nitrogen functional groups attached to an aromatic ring is 1. The second kappa shape index (κ2) is 5.71. The van der Waals surface area contributed by atoms with Crippen LogP contribution in [0.4, 0.5) is 11.5 Å². The molecule has 0 radical (unpaired) electrons. The van der Waals surface area contributed by atoms with Crippen LogP contribution in [0.3, 0.4) is 0 Å². The molecule has 2 rings (SSSR count). The van der Waals surface area contributed by atoms with Gasteiger partial charge in [0.1, 0.15) is 5.82 Å². The summed E-state index contributed by atoms with van der Waals surface area (Å²) >= 11 is 0. The Bertz CT molecular complexity index is 422. The van der Waals surface area contributed by atoms with Crippen molar-refractivity contribution in [2.75, 3.05) is 30.3 Å². The maximum absolute atomic E-state index is 11.8. The van der Waals surface area contributed by atoms with E-state index in [1.54, 1.807) is 6.20 Å². The SMILES string of the molecule is CCOC(=O)C1CCCN(c2ccnc(N)c2)C1. The standard InChI is InChI=1S/C13H19N3O2/c1-2-18-13(17)10-4-3-7-16(9-10)11-5-6-15-12(14)8-11/h5-6,8,10H,2-4,7,9H2,1H3,(H2,14,15). The molecule has 0 saturated carbocycles.